The van der Waals surface area contributed by atoms with Crippen LogP contribution in [0.25, 0.3) is 0 Å². The molecule has 0 aliphatic heterocycles. The second kappa shape index (κ2) is 37.2. The topological polar surface area (TPSA) is 23.8 Å². The van der Waals surface area contributed by atoms with Crippen LogP contribution in [0.3, 0.4) is 0 Å². The van der Waals surface area contributed by atoms with Gasteiger partial charge in [0.15, 0.2) is 0 Å². The summed E-state index contributed by atoms with van der Waals surface area (Å²) >= 11 is 0. The molecule has 0 aromatic heterocycles. The summed E-state index contributed by atoms with van der Waals surface area (Å²) < 4.78 is 0. The van der Waals surface area contributed by atoms with Gasteiger partial charge in [-0.25, -0.2) is 0 Å². The van der Waals surface area contributed by atoms with Crippen LogP contribution in [0, 0.1) is 11.8 Å². The van der Waals surface area contributed by atoms with E-state index < -0.39 is 0 Å². The Morgan fingerprint density at radius 1 is 1.17 bits per heavy atom. The molecule has 0 aliphatic rings. The minimum Gasteiger partial charge on any atom is -0.512 e. The Hall–Kier alpha value is -1.03. The van der Waals surface area contributed by atoms with Gasteiger partial charge < -0.3 is 11.8 Å². The zero-order chi connectivity index (χ0) is 5.41. The van der Waals surface area contributed by atoms with Crippen molar-refractivity contribution in [3.8, 4) is 0 Å². The van der Waals surface area contributed by atoms with Crippen LogP contribution in [0.2, 0.25) is 0 Å². The Bertz CT molecular complexity index is 46.2. The summed E-state index contributed by atoms with van der Waals surface area (Å²) in [5, 5.41) is 6.25. The number of nitrogens with zero attached hydrogens (tertiary/aromatic N) is 1. The third-order valence-corrected chi connectivity index (χ3v) is 0.167. The SMILES string of the molecule is C=CC=C.[C-]#N. The van der Waals surface area contributed by atoms with Crippen LogP contribution in [0.4, 0.5) is 0 Å². The van der Waals surface area contributed by atoms with Gasteiger partial charge in [0, 0.05) is 0 Å². The first-order valence-electron chi connectivity index (χ1n) is 1.37. The normalized spacial score (nSPS) is 3.67. The van der Waals surface area contributed by atoms with E-state index in [4.69, 9.17) is 11.8 Å². The number of hydrogen-bond acceptors (Lipinski definition) is 1. The molecule has 1 nitrogen and oxygen atoms in total. The van der Waals surface area contributed by atoms with Gasteiger partial charge in [-0.3, -0.25) is 0 Å². The predicted octanol–water partition coefficient (Wildman–Crippen LogP) is 1.45. The molecule has 0 rings (SSSR count). The molecule has 0 fully saturated rings. The fourth-order valence-electron chi connectivity index (χ4n) is 0. The van der Waals surface area contributed by atoms with Crippen molar-refractivity contribution in [1.82, 2.24) is 0 Å². The minimum absolute atomic E-state index is 1.64. The highest BCUT2D eigenvalue weighted by Crippen LogP contribution is 1.52. The average molecular weight is 80.1 g/mol. The van der Waals surface area contributed by atoms with Crippen molar-refractivity contribution in [2.45, 2.75) is 0 Å². The molecule has 0 aromatic carbocycles. The molecule has 32 valence electrons. The summed E-state index contributed by atoms with van der Waals surface area (Å²) in [7, 11) is 0. The van der Waals surface area contributed by atoms with Gasteiger partial charge in [-0.1, -0.05) is 25.3 Å². The van der Waals surface area contributed by atoms with Gasteiger partial charge in [0.1, 0.15) is 0 Å². The second-order valence-corrected chi connectivity index (χ2v) is 0.471. The van der Waals surface area contributed by atoms with Crippen LogP contribution in [-0.2, 0) is 0 Å². The second-order valence-electron chi connectivity index (χ2n) is 0.471. The summed E-state index contributed by atoms with van der Waals surface area (Å²) in [5.41, 5.74) is 0. The number of rotatable bonds is 1. The van der Waals surface area contributed by atoms with Crippen LogP contribution >= 0.6 is 0 Å². The zero-order valence-corrected chi connectivity index (χ0v) is 3.52. The fraction of sp³-hybridized carbons (Fsp3) is 0. The monoisotopic (exact) mass is 80.1 g/mol. The smallest absolute Gasteiger partial charge is 0.0701 e. The highest BCUT2D eigenvalue weighted by Gasteiger charge is 1.29. The van der Waals surface area contributed by atoms with Gasteiger partial charge >= 0.3 is 0 Å². The van der Waals surface area contributed by atoms with Crippen molar-refractivity contribution < 1.29 is 0 Å². The van der Waals surface area contributed by atoms with Crippen molar-refractivity contribution in [2.75, 3.05) is 0 Å². The molecule has 0 aromatic rings. The molecule has 1 heteroatoms. The minimum atomic E-state index is 1.64. The fourth-order valence-corrected chi connectivity index (χ4v) is 0. The average Bonchev–Trinajstić information content (AvgIpc) is 1.72. The Labute approximate surface area is 38.2 Å². The number of hydrogen-bond donors (Lipinski definition) is 0. The van der Waals surface area contributed by atoms with Crippen molar-refractivity contribution in [2.24, 2.45) is 0 Å². The third kappa shape index (κ3) is 12800. The van der Waals surface area contributed by atoms with E-state index in [1.165, 1.54) is 0 Å². The standard InChI is InChI=1S/C4H6.CN/c1-3-4-2;1-2/h3-4H,1-2H2;/q;-1. The lowest BCUT2D eigenvalue weighted by Crippen LogP contribution is -1.21. The van der Waals surface area contributed by atoms with Crippen LogP contribution in [-0.4, -0.2) is 0 Å². The lowest BCUT2D eigenvalue weighted by molar-refractivity contribution is 1.53. The van der Waals surface area contributed by atoms with E-state index in [1.807, 2.05) is 0 Å². The van der Waals surface area contributed by atoms with Gasteiger partial charge in [0.2, 0.25) is 0 Å². The van der Waals surface area contributed by atoms with Gasteiger partial charge in [-0.2, -0.15) is 0 Å². The summed E-state index contributed by atoms with van der Waals surface area (Å²) in [6.45, 7) is 11.5. The quantitative estimate of drug-likeness (QED) is 0.345. The van der Waals surface area contributed by atoms with Crippen molar-refractivity contribution in [1.29, 1.82) is 5.26 Å². The van der Waals surface area contributed by atoms with E-state index >= 15 is 0 Å². The Morgan fingerprint density at radius 3 is 1.33 bits per heavy atom. The highest BCUT2D eigenvalue weighted by molar-refractivity contribution is 4.88. The molecular formula is C5H6N-. The van der Waals surface area contributed by atoms with Crippen LogP contribution in [0.1, 0.15) is 0 Å². The molecule has 0 saturated carbocycles. The van der Waals surface area contributed by atoms with Gasteiger partial charge in [-0.05, 0) is 0 Å². The van der Waals surface area contributed by atoms with E-state index in [0.717, 1.165) is 0 Å². The summed E-state index contributed by atoms with van der Waals surface area (Å²) in [4.78, 5) is 0. The Morgan fingerprint density at radius 2 is 1.33 bits per heavy atom. The van der Waals surface area contributed by atoms with Gasteiger partial charge in [-0.15, -0.1) is 0 Å². The molecule has 0 saturated heterocycles. The first kappa shape index (κ1) is 8.88. The maximum absolute atomic E-state index is 6.25. The van der Waals surface area contributed by atoms with Crippen molar-refractivity contribution in [3.63, 3.8) is 0 Å². The maximum Gasteiger partial charge on any atom is -0.0701 e. The van der Waals surface area contributed by atoms with Crippen molar-refractivity contribution >= 4 is 0 Å². The van der Waals surface area contributed by atoms with Crippen LogP contribution < -0.4 is 0 Å². The van der Waals surface area contributed by atoms with E-state index in [0.29, 0.717) is 0 Å². The molecule has 0 amide bonds. The molecule has 0 N–H and O–H groups in total. The molecule has 0 aliphatic carbocycles. The number of allylic oxidation sites excluding steroid dienone is 2. The van der Waals surface area contributed by atoms with E-state index in [1.54, 1.807) is 12.2 Å². The van der Waals surface area contributed by atoms with Crippen LogP contribution in [0.15, 0.2) is 25.3 Å². The molecule has 0 atom stereocenters. The summed E-state index contributed by atoms with van der Waals surface area (Å²) in [5.74, 6) is 0. The first-order chi connectivity index (χ1) is 2.91. The third-order valence-electron chi connectivity index (χ3n) is 0.167. The lowest BCUT2D eigenvalue weighted by atomic mass is 10.6. The van der Waals surface area contributed by atoms with E-state index in [-0.39, 0.29) is 0 Å². The summed E-state index contributed by atoms with van der Waals surface area (Å²) in [6.07, 6.45) is 3.28. The van der Waals surface area contributed by atoms with E-state index in [9.17, 15) is 0 Å². The van der Waals surface area contributed by atoms with Gasteiger partial charge in [0.05, 0.1) is 0 Å². The molecule has 0 unspecified atom stereocenters. The van der Waals surface area contributed by atoms with Crippen molar-refractivity contribution in [3.05, 3.63) is 31.9 Å². The van der Waals surface area contributed by atoms with Crippen LogP contribution in [0.5, 0.6) is 0 Å². The predicted molar refractivity (Wildman–Crippen MR) is 25.4 cm³/mol. The summed E-state index contributed by atoms with van der Waals surface area (Å²) in [6, 6.07) is 0. The molecular weight excluding hydrogens is 74.1 g/mol. The Kier molecular flexibility index (Phi) is 55.1. The zero-order valence-electron chi connectivity index (χ0n) is 3.52. The lowest BCUT2D eigenvalue weighted by Gasteiger charge is -1.44. The van der Waals surface area contributed by atoms with E-state index in [2.05, 4.69) is 13.2 Å². The highest BCUT2D eigenvalue weighted by atomic mass is 14.2. The molecule has 0 bridgehead atoms. The molecule has 0 radical (unpaired) electrons. The maximum atomic E-state index is 6.25. The molecule has 0 spiro atoms. The first-order valence-corrected chi connectivity index (χ1v) is 1.37. The Balaban J connectivity index is 0. The molecule has 0 heterocycles. The molecule has 6 heavy (non-hydrogen) atoms. The van der Waals surface area contributed by atoms with Gasteiger partial charge in [0.25, 0.3) is 0 Å². The largest absolute Gasteiger partial charge is 0.512 e.